The summed E-state index contributed by atoms with van der Waals surface area (Å²) in [6, 6.07) is 7.48. The molecule has 0 radical (unpaired) electrons. The largest absolute Gasteiger partial charge is 0.456 e. The average molecular weight is 368 g/mol. The fraction of sp³-hybridized carbons (Fsp3) is 0.421. The van der Waals surface area contributed by atoms with Crippen molar-refractivity contribution in [1.29, 1.82) is 0 Å². The second-order valence-electron chi connectivity index (χ2n) is 6.57. The Morgan fingerprint density at radius 3 is 2.85 bits per heavy atom. The zero-order valence-electron chi connectivity index (χ0n) is 15.1. The standard InChI is InChI=1S/C19H20N4O4/c1-2-15-21-17(27-22-15)11-26-18(24)10-9-16-20-14-6-4-3-5-13(14)19(25)23(16)12-7-8-12/h3-6,12H,2,7-11H2,1H3. The fourth-order valence-electron chi connectivity index (χ4n) is 3.00. The molecule has 0 saturated heterocycles. The van der Waals surface area contributed by atoms with Crippen LogP contribution >= 0.6 is 0 Å². The first kappa shape index (κ1) is 17.4. The van der Waals surface area contributed by atoms with Crippen molar-refractivity contribution in [2.75, 3.05) is 0 Å². The highest BCUT2D eigenvalue weighted by molar-refractivity contribution is 5.77. The van der Waals surface area contributed by atoms with Gasteiger partial charge in [0.2, 0.25) is 0 Å². The van der Waals surface area contributed by atoms with Gasteiger partial charge in [0.25, 0.3) is 11.4 Å². The smallest absolute Gasteiger partial charge is 0.306 e. The Morgan fingerprint density at radius 1 is 1.30 bits per heavy atom. The Bertz CT molecular complexity index is 1040. The van der Waals surface area contributed by atoms with Crippen molar-refractivity contribution in [1.82, 2.24) is 19.7 Å². The number of aryl methyl sites for hydroxylation is 2. The van der Waals surface area contributed by atoms with Gasteiger partial charge in [-0.05, 0) is 25.0 Å². The third kappa shape index (κ3) is 3.74. The minimum Gasteiger partial charge on any atom is -0.456 e. The topological polar surface area (TPSA) is 100 Å². The average Bonchev–Trinajstić information content (AvgIpc) is 3.41. The van der Waals surface area contributed by atoms with Gasteiger partial charge in [-0.3, -0.25) is 14.2 Å². The van der Waals surface area contributed by atoms with Gasteiger partial charge in [-0.2, -0.15) is 4.98 Å². The highest BCUT2D eigenvalue weighted by Gasteiger charge is 2.28. The van der Waals surface area contributed by atoms with Crippen LogP contribution in [-0.4, -0.2) is 25.7 Å². The van der Waals surface area contributed by atoms with Gasteiger partial charge in [0, 0.05) is 18.9 Å². The van der Waals surface area contributed by atoms with Crippen molar-refractivity contribution < 1.29 is 14.1 Å². The predicted molar refractivity (Wildman–Crippen MR) is 96.1 cm³/mol. The molecule has 0 atom stereocenters. The summed E-state index contributed by atoms with van der Waals surface area (Å²) in [7, 11) is 0. The minimum atomic E-state index is -0.393. The molecule has 0 N–H and O–H groups in total. The first-order valence-corrected chi connectivity index (χ1v) is 9.13. The number of fused-ring (bicyclic) bond motifs is 1. The number of carbonyl (C=O) groups excluding carboxylic acids is 1. The number of nitrogens with zero attached hydrogens (tertiary/aromatic N) is 4. The summed E-state index contributed by atoms with van der Waals surface area (Å²) < 4.78 is 11.9. The summed E-state index contributed by atoms with van der Waals surface area (Å²) in [5.41, 5.74) is 0.616. The van der Waals surface area contributed by atoms with E-state index < -0.39 is 5.97 Å². The van der Waals surface area contributed by atoms with Crippen LogP contribution in [0.2, 0.25) is 0 Å². The molecule has 1 aromatic carbocycles. The van der Waals surface area contributed by atoms with E-state index in [-0.39, 0.29) is 30.5 Å². The van der Waals surface area contributed by atoms with Crippen LogP contribution in [0.3, 0.4) is 0 Å². The van der Waals surface area contributed by atoms with E-state index in [1.807, 2.05) is 25.1 Å². The molecule has 1 fully saturated rings. The number of para-hydroxylation sites is 1. The lowest BCUT2D eigenvalue weighted by atomic mass is 10.2. The predicted octanol–water partition coefficient (Wildman–Crippen LogP) is 2.35. The van der Waals surface area contributed by atoms with Gasteiger partial charge >= 0.3 is 5.97 Å². The Hall–Kier alpha value is -3.03. The molecule has 0 spiro atoms. The molecule has 1 aliphatic rings. The van der Waals surface area contributed by atoms with Crippen molar-refractivity contribution in [2.24, 2.45) is 0 Å². The number of esters is 1. The van der Waals surface area contributed by atoms with Gasteiger partial charge in [0.05, 0.1) is 17.3 Å². The van der Waals surface area contributed by atoms with Crippen LogP contribution in [0.4, 0.5) is 0 Å². The zero-order valence-corrected chi connectivity index (χ0v) is 15.1. The summed E-state index contributed by atoms with van der Waals surface area (Å²) >= 11 is 0. The van der Waals surface area contributed by atoms with E-state index >= 15 is 0 Å². The molecule has 140 valence electrons. The molecule has 0 bridgehead atoms. The quantitative estimate of drug-likeness (QED) is 0.590. The minimum absolute atomic E-state index is 0.0376. The molecule has 1 aliphatic carbocycles. The lowest BCUT2D eigenvalue weighted by Crippen LogP contribution is -2.25. The van der Waals surface area contributed by atoms with Gasteiger partial charge in [0.15, 0.2) is 12.4 Å². The van der Waals surface area contributed by atoms with Crippen molar-refractivity contribution in [2.45, 2.75) is 51.7 Å². The maximum absolute atomic E-state index is 12.8. The third-order valence-corrected chi connectivity index (χ3v) is 4.53. The second-order valence-corrected chi connectivity index (χ2v) is 6.57. The molecular weight excluding hydrogens is 348 g/mol. The van der Waals surface area contributed by atoms with Crippen LogP contribution in [0.1, 0.15) is 49.8 Å². The van der Waals surface area contributed by atoms with Crippen molar-refractivity contribution in [3.05, 3.63) is 52.2 Å². The van der Waals surface area contributed by atoms with Gasteiger partial charge in [-0.1, -0.05) is 24.2 Å². The normalized spacial score (nSPS) is 13.8. The number of aromatic nitrogens is 4. The first-order valence-electron chi connectivity index (χ1n) is 9.13. The van der Waals surface area contributed by atoms with E-state index in [1.54, 1.807) is 10.6 Å². The number of benzene rings is 1. The molecule has 2 aromatic heterocycles. The summed E-state index contributed by atoms with van der Waals surface area (Å²) in [5.74, 6) is 1.09. The van der Waals surface area contributed by atoms with Gasteiger partial charge in [-0.15, -0.1) is 0 Å². The molecule has 0 aliphatic heterocycles. The van der Waals surface area contributed by atoms with E-state index in [1.165, 1.54) is 0 Å². The van der Waals surface area contributed by atoms with Crippen molar-refractivity contribution >= 4 is 16.9 Å². The summed E-state index contributed by atoms with van der Waals surface area (Å²) in [4.78, 5) is 33.6. The maximum Gasteiger partial charge on any atom is 0.306 e. The Kier molecular flexibility index (Phi) is 4.70. The van der Waals surface area contributed by atoms with E-state index in [0.717, 1.165) is 12.8 Å². The van der Waals surface area contributed by atoms with Gasteiger partial charge in [-0.25, -0.2) is 4.98 Å². The van der Waals surface area contributed by atoms with Crippen LogP contribution < -0.4 is 5.56 Å². The van der Waals surface area contributed by atoms with E-state index in [4.69, 9.17) is 9.26 Å². The fourth-order valence-corrected chi connectivity index (χ4v) is 3.00. The number of hydrogen-bond acceptors (Lipinski definition) is 7. The van der Waals surface area contributed by atoms with Crippen molar-refractivity contribution in [3.63, 3.8) is 0 Å². The van der Waals surface area contributed by atoms with Crippen LogP contribution in [0.5, 0.6) is 0 Å². The molecule has 8 heteroatoms. The molecule has 1 saturated carbocycles. The molecule has 3 aromatic rings. The van der Waals surface area contributed by atoms with Crippen LogP contribution in [-0.2, 0) is 29.0 Å². The first-order chi connectivity index (χ1) is 13.2. The Balaban J connectivity index is 1.45. The third-order valence-electron chi connectivity index (χ3n) is 4.53. The molecule has 27 heavy (non-hydrogen) atoms. The zero-order chi connectivity index (χ0) is 18.8. The maximum atomic E-state index is 12.8. The van der Waals surface area contributed by atoms with Gasteiger partial charge < -0.3 is 9.26 Å². The second kappa shape index (κ2) is 7.30. The number of carbonyl (C=O) groups is 1. The number of ether oxygens (including phenoxy) is 1. The molecule has 8 nitrogen and oxygen atoms in total. The lowest BCUT2D eigenvalue weighted by molar-refractivity contribution is -0.145. The van der Waals surface area contributed by atoms with Crippen LogP contribution in [0, 0.1) is 0 Å². The van der Waals surface area contributed by atoms with Gasteiger partial charge in [0.1, 0.15) is 5.82 Å². The lowest BCUT2D eigenvalue weighted by Gasteiger charge is -2.12. The van der Waals surface area contributed by atoms with Crippen LogP contribution in [0.25, 0.3) is 10.9 Å². The molecule has 4 rings (SSSR count). The summed E-state index contributed by atoms with van der Waals surface area (Å²) in [6.45, 7) is 1.86. The summed E-state index contributed by atoms with van der Waals surface area (Å²) in [5, 5.41) is 4.37. The highest BCUT2D eigenvalue weighted by Crippen LogP contribution is 2.34. The van der Waals surface area contributed by atoms with Crippen molar-refractivity contribution in [3.8, 4) is 0 Å². The SMILES string of the molecule is CCc1noc(COC(=O)CCc2nc3ccccc3c(=O)n2C2CC2)n1. The molecule has 2 heterocycles. The Labute approximate surface area is 155 Å². The molecular formula is C19H20N4O4. The van der Waals surface area contributed by atoms with E-state index in [9.17, 15) is 9.59 Å². The van der Waals surface area contributed by atoms with E-state index in [2.05, 4.69) is 15.1 Å². The monoisotopic (exact) mass is 368 g/mol. The molecule has 0 amide bonds. The highest BCUT2D eigenvalue weighted by atomic mass is 16.6. The number of rotatable bonds is 7. The molecule has 0 unspecified atom stereocenters. The van der Waals surface area contributed by atoms with Crippen LogP contribution in [0.15, 0.2) is 33.6 Å². The van der Waals surface area contributed by atoms with E-state index in [0.29, 0.717) is 35.4 Å². The summed E-state index contributed by atoms with van der Waals surface area (Å²) in [6.07, 6.45) is 3.07. The Morgan fingerprint density at radius 2 is 2.11 bits per heavy atom. The number of hydrogen-bond donors (Lipinski definition) is 0.